The van der Waals surface area contributed by atoms with E-state index in [9.17, 15) is 0 Å². The molecule has 140 valence electrons. The molecule has 1 aromatic heterocycles. The summed E-state index contributed by atoms with van der Waals surface area (Å²) in [7, 11) is 3.52. The van der Waals surface area contributed by atoms with Crippen LogP contribution in [0.25, 0.3) is 11.3 Å². The maximum absolute atomic E-state index is 5.59. The second kappa shape index (κ2) is 6.39. The highest BCUT2D eigenvalue weighted by Crippen LogP contribution is 2.62. The third kappa shape index (κ3) is 2.83. The summed E-state index contributed by atoms with van der Waals surface area (Å²) in [5, 5.41) is 7.49. The normalized spacial score (nSPS) is 27.2. The quantitative estimate of drug-likeness (QED) is 0.860. The molecule has 1 aliphatic carbocycles. The molecular formula is C21H29N3O2. The van der Waals surface area contributed by atoms with Crippen molar-refractivity contribution in [2.75, 3.05) is 33.9 Å². The van der Waals surface area contributed by atoms with Crippen LogP contribution >= 0.6 is 0 Å². The van der Waals surface area contributed by atoms with Gasteiger partial charge in [0.15, 0.2) is 0 Å². The highest BCUT2D eigenvalue weighted by molar-refractivity contribution is 5.63. The first kappa shape index (κ1) is 17.6. The van der Waals surface area contributed by atoms with Crippen molar-refractivity contribution in [1.29, 1.82) is 0 Å². The molecule has 0 bridgehead atoms. The molecule has 26 heavy (non-hydrogen) atoms. The maximum Gasteiger partial charge on any atom is 0.118 e. The summed E-state index contributed by atoms with van der Waals surface area (Å²) in [4.78, 5) is 2.58. The summed E-state index contributed by atoms with van der Waals surface area (Å²) in [5.41, 5.74) is 4.26. The lowest BCUT2D eigenvalue weighted by molar-refractivity contribution is -0.107. The van der Waals surface area contributed by atoms with E-state index in [0.717, 1.165) is 43.2 Å². The molecule has 5 nitrogen and oxygen atoms in total. The first-order valence-corrected chi connectivity index (χ1v) is 9.35. The van der Waals surface area contributed by atoms with Crippen LogP contribution in [0.2, 0.25) is 0 Å². The summed E-state index contributed by atoms with van der Waals surface area (Å²) in [5.74, 6) is 1.58. The van der Waals surface area contributed by atoms with Gasteiger partial charge in [-0.3, -0.25) is 10.00 Å². The van der Waals surface area contributed by atoms with Gasteiger partial charge in [0.25, 0.3) is 0 Å². The van der Waals surface area contributed by atoms with Crippen LogP contribution in [0.15, 0.2) is 30.5 Å². The van der Waals surface area contributed by atoms with E-state index in [4.69, 9.17) is 9.47 Å². The standard InChI is InChI=1S/C21H29N3O2/c1-20(2)12-21(14-25-3)13-24(11-18(20)21)10-16-9-22-23-19(16)15-5-7-17(26-4)8-6-15/h5-9,18H,10-14H2,1-4H3,(H,22,23)/t18-,21-/m1/s1. The number of likely N-dealkylation sites (tertiary alicyclic amines) is 1. The van der Waals surface area contributed by atoms with Crippen molar-refractivity contribution in [1.82, 2.24) is 15.1 Å². The van der Waals surface area contributed by atoms with Gasteiger partial charge in [0, 0.05) is 43.3 Å². The van der Waals surface area contributed by atoms with Crippen molar-refractivity contribution in [3.63, 3.8) is 0 Å². The lowest BCUT2D eigenvalue weighted by atomic mass is 9.48. The average molecular weight is 355 g/mol. The number of H-pyrrole nitrogens is 1. The van der Waals surface area contributed by atoms with E-state index in [1.54, 1.807) is 7.11 Å². The van der Waals surface area contributed by atoms with Crippen molar-refractivity contribution < 1.29 is 9.47 Å². The molecule has 2 aliphatic rings. The zero-order chi connectivity index (χ0) is 18.4. The zero-order valence-electron chi connectivity index (χ0n) is 16.2. The molecule has 1 aromatic carbocycles. The van der Waals surface area contributed by atoms with Gasteiger partial charge in [-0.2, -0.15) is 5.10 Å². The molecule has 2 fully saturated rings. The number of nitrogens with zero attached hydrogens (tertiary/aromatic N) is 2. The predicted octanol–water partition coefficient (Wildman–Crippen LogP) is 3.58. The van der Waals surface area contributed by atoms with Crippen LogP contribution in [-0.4, -0.2) is 49.0 Å². The van der Waals surface area contributed by atoms with E-state index in [1.807, 2.05) is 25.4 Å². The van der Waals surface area contributed by atoms with Crippen molar-refractivity contribution in [2.24, 2.45) is 16.7 Å². The number of nitrogens with one attached hydrogen (secondary N) is 1. The summed E-state index contributed by atoms with van der Waals surface area (Å²) in [6, 6.07) is 8.15. The minimum atomic E-state index is 0.336. The van der Waals surface area contributed by atoms with Crippen LogP contribution in [0.3, 0.4) is 0 Å². The fourth-order valence-corrected chi connectivity index (χ4v) is 5.51. The van der Waals surface area contributed by atoms with Crippen molar-refractivity contribution in [3.05, 3.63) is 36.0 Å². The molecule has 0 radical (unpaired) electrons. The van der Waals surface area contributed by atoms with Gasteiger partial charge in [-0.25, -0.2) is 0 Å². The van der Waals surface area contributed by atoms with Gasteiger partial charge >= 0.3 is 0 Å². The topological polar surface area (TPSA) is 50.4 Å². The van der Waals surface area contributed by atoms with Gasteiger partial charge in [0.2, 0.25) is 0 Å². The first-order valence-electron chi connectivity index (χ1n) is 9.35. The maximum atomic E-state index is 5.59. The number of aromatic amines is 1. The molecule has 0 amide bonds. The summed E-state index contributed by atoms with van der Waals surface area (Å²) >= 11 is 0. The molecule has 1 aliphatic heterocycles. The Balaban J connectivity index is 1.51. The Labute approximate surface area is 155 Å². The molecule has 4 rings (SSSR count). The van der Waals surface area contributed by atoms with Gasteiger partial charge in [-0.1, -0.05) is 13.8 Å². The Morgan fingerprint density at radius 3 is 2.65 bits per heavy atom. The van der Waals surface area contributed by atoms with E-state index in [1.165, 1.54) is 12.0 Å². The van der Waals surface area contributed by atoms with Crippen LogP contribution in [0, 0.1) is 16.7 Å². The Morgan fingerprint density at radius 2 is 2.00 bits per heavy atom. The highest BCUT2D eigenvalue weighted by Gasteiger charge is 2.62. The first-order chi connectivity index (χ1) is 12.5. The van der Waals surface area contributed by atoms with Crippen LogP contribution < -0.4 is 4.74 Å². The fraction of sp³-hybridized carbons (Fsp3) is 0.571. The van der Waals surface area contributed by atoms with Gasteiger partial charge in [0.1, 0.15) is 5.75 Å². The van der Waals surface area contributed by atoms with E-state index in [0.29, 0.717) is 16.7 Å². The highest BCUT2D eigenvalue weighted by atomic mass is 16.5. The number of hydrogen-bond donors (Lipinski definition) is 1. The van der Waals surface area contributed by atoms with Crippen molar-refractivity contribution in [2.45, 2.75) is 26.8 Å². The number of ether oxygens (including phenoxy) is 2. The number of aromatic nitrogens is 2. The lowest BCUT2D eigenvalue weighted by Crippen LogP contribution is -2.55. The van der Waals surface area contributed by atoms with Gasteiger partial charge < -0.3 is 9.47 Å². The van der Waals surface area contributed by atoms with E-state index in [-0.39, 0.29) is 0 Å². The van der Waals surface area contributed by atoms with E-state index in [2.05, 4.69) is 41.1 Å². The van der Waals surface area contributed by atoms with Crippen molar-refractivity contribution >= 4 is 0 Å². The van der Waals surface area contributed by atoms with E-state index >= 15 is 0 Å². The molecule has 2 heterocycles. The molecule has 2 atom stereocenters. The number of hydrogen-bond acceptors (Lipinski definition) is 4. The Hall–Kier alpha value is -1.85. The van der Waals surface area contributed by atoms with E-state index < -0.39 is 0 Å². The number of fused-ring (bicyclic) bond motifs is 1. The minimum absolute atomic E-state index is 0.336. The Kier molecular flexibility index (Phi) is 4.32. The van der Waals surface area contributed by atoms with Gasteiger partial charge in [-0.15, -0.1) is 0 Å². The Morgan fingerprint density at radius 1 is 1.23 bits per heavy atom. The third-order valence-electron chi connectivity index (χ3n) is 6.39. The average Bonchev–Trinajstić information content (AvgIpc) is 3.19. The van der Waals surface area contributed by atoms with Crippen molar-refractivity contribution in [3.8, 4) is 17.0 Å². The van der Waals surface area contributed by atoms with Gasteiger partial charge in [-0.05, 0) is 42.0 Å². The molecule has 1 saturated heterocycles. The third-order valence-corrected chi connectivity index (χ3v) is 6.39. The molecule has 2 aromatic rings. The van der Waals surface area contributed by atoms with Crippen LogP contribution in [-0.2, 0) is 11.3 Å². The van der Waals surface area contributed by atoms with Crippen LogP contribution in [0.4, 0.5) is 0 Å². The second-order valence-electron chi connectivity index (χ2n) is 8.68. The SMILES string of the molecule is COC[C@@]12CN(Cc3cn[nH]c3-c3ccc(OC)cc3)C[C@@H]1C(C)(C)C2. The molecule has 1 N–H and O–H groups in total. The molecule has 0 unspecified atom stereocenters. The summed E-state index contributed by atoms with van der Waals surface area (Å²) < 4.78 is 10.8. The molecular weight excluding hydrogens is 326 g/mol. The summed E-state index contributed by atoms with van der Waals surface area (Å²) in [6.45, 7) is 8.85. The minimum Gasteiger partial charge on any atom is -0.497 e. The number of benzene rings is 1. The zero-order valence-corrected chi connectivity index (χ0v) is 16.2. The Bertz CT molecular complexity index is 768. The fourth-order valence-electron chi connectivity index (χ4n) is 5.51. The predicted molar refractivity (Wildman–Crippen MR) is 102 cm³/mol. The second-order valence-corrected chi connectivity index (χ2v) is 8.68. The monoisotopic (exact) mass is 355 g/mol. The number of rotatable bonds is 6. The summed E-state index contributed by atoms with van der Waals surface area (Å²) in [6.07, 6.45) is 3.22. The largest absolute Gasteiger partial charge is 0.497 e. The molecule has 0 spiro atoms. The molecule has 5 heteroatoms. The number of methoxy groups -OCH3 is 2. The smallest absolute Gasteiger partial charge is 0.118 e. The lowest BCUT2D eigenvalue weighted by Gasteiger charge is -2.56. The molecule has 1 saturated carbocycles. The van der Waals surface area contributed by atoms with Crippen LogP contribution in [0.1, 0.15) is 25.8 Å². The van der Waals surface area contributed by atoms with Gasteiger partial charge in [0.05, 0.1) is 25.6 Å². The van der Waals surface area contributed by atoms with Crippen LogP contribution in [0.5, 0.6) is 5.75 Å².